The molecule has 1 amide bonds. The molecule has 0 aromatic heterocycles. The van der Waals surface area contributed by atoms with Gasteiger partial charge in [0.2, 0.25) is 6.41 Å². The Bertz CT molecular complexity index is 1300. The smallest absolute Gasteiger partial charge is 0.211 e. The summed E-state index contributed by atoms with van der Waals surface area (Å²) in [5.41, 5.74) is -5.17. The molecule has 4 aliphatic carbocycles. The minimum absolute atomic E-state index is 0.0469. The third-order valence-corrected chi connectivity index (χ3v) is 10.6. The van der Waals surface area contributed by atoms with Crippen LogP contribution in [0.2, 0.25) is 0 Å². The Labute approximate surface area is 224 Å². The van der Waals surface area contributed by atoms with Crippen LogP contribution in [-0.2, 0) is 19.2 Å². The zero-order valence-electron chi connectivity index (χ0n) is 21.8. The quantitative estimate of drug-likeness (QED) is 0.490. The van der Waals surface area contributed by atoms with Crippen molar-refractivity contribution in [2.75, 3.05) is 23.5 Å². The first-order chi connectivity index (χ1) is 18.5. The van der Waals surface area contributed by atoms with Crippen LogP contribution < -0.4 is 10.4 Å². The summed E-state index contributed by atoms with van der Waals surface area (Å²) in [6, 6.07) is 6.83. The Morgan fingerprint density at radius 1 is 1.23 bits per heavy atom. The van der Waals surface area contributed by atoms with Crippen molar-refractivity contribution in [1.29, 1.82) is 0 Å². The van der Waals surface area contributed by atoms with E-state index >= 15 is 8.78 Å². The number of aliphatic hydroxyl groups is 2. The molecule has 39 heavy (non-hydrogen) atoms. The third-order valence-electron chi connectivity index (χ3n) is 10.6. The van der Waals surface area contributed by atoms with Crippen LogP contribution in [0.25, 0.3) is 0 Å². The number of fused-ring (bicyclic) bond motifs is 7. The van der Waals surface area contributed by atoms with E-state index in [9.17, 15) is 24.6 Å². The highest BCUT2D eigenvalue weighted by atomic mass is 19.1. The zero-order chi connectivity index (χ0) is 28.0. The van der Waals surface area contributed by atoms with E-state index in [2.05, 4.69) is 5.32 Å². The molecule has 8 nitrogen and oxygen atoms in total. The highest BCUT2D eigenvalue weighted by Gasteiger charge is 2.79. The first-order valence-corrected chi connectivity index (χ1v) is 13.3. The molecule has 10 heteroatoms. The highest BCUT2D eigenvalue weighted by molar-refractivity contribution is 6.01. The van der Waals surface area contributed by atoms with Gasteiger partial charge in [-0.05, 0) is 74.1 Å². The number of ketones is 2. The number of alkyl halides is 2. The predicted molar refractivity (Wildman–Crippen MR) is 137 cm³/mol. The van der Waals surface area contributed by atoms with Gasteiger partial charge in [-0.3, -0.25) is 24.3 Å². The SMILES string of the molecule is C[C@]12C=CC(=O)C=C1[C@@H](F)C[C@H]1[C@@H]3C[C@H]4CN(c5ccc(NC=O)cc5)O[C@@]4(C(=O)CO)[C@@]3(C)C[C@H](O)[C@@]12F. The van der Waals surface area contributed by atoms with Crippen LogP contribution in [0.4, 0.5) is 20.2 Å². The number of nitrogens with zero attached hydrogens (tertiary/aromatic N) is 1. The van der Waals surface area contributed by atoms with Gasteiger partial charge in [-0.25, -0.2) is 8.78 Å². The van der Waals surface area contributed by atoms with Crippen molar-refractivity contribution in [2.24, 2.45) is 28.6 Å². The fraction of sp³-hybridized carbons (Fsp3) is 0.552. The number of halogens is 2. The van der Waals surface area contributed by atoms with Gasteiger partial charge in [0.25, 0.3) is 0 Å². The van der Waals surface area contributed by atoms with E-state index in [1.165, 1.54) is 19.1 Å². The van der Waals surface area contributed by atoms with Crippen molar-refractivity contribution in [3.63, 3.8) is 0 Å². The van der Waals surface area contributed by atoms with Crippen molar-refractivity contribution in [3.05, 3.63) is 48.1 Å². The number of nitrogens with one attached hydrogen (secondary N) is 1. The predicted octanol–water partition coefficient (Wildman–Crippen LogP) is 2.85. The Kier molecular flexibility index (Phi) is 5.74. The molecule has 1 aromatic rings. The van der Waals surface area contributed by atoms with Crippen molar-refractivity contribution in [3.8, 4) is 0 Å². The Hall–Kier alpha value is -2.95. The number of hydrogen-bond donors (Lipinski definition) is 3. The molecule has 6 rings (SSSR count). The van der Waals surface area contributed by atoms with Gasteiger partial charge >= 0.3 is 0 Å². The number of aliphatic hydroxyl groups excluding tert-OH is 2. The number of benzene rings is 1. The molecule has 4 fully saturated rings. The minimum Gasteiger partial charge on any atom is -0.390 e. The monoisotopic (exact) mass is 542 g/mol. The van der Waals surface area contributed by atoms with E-state index in [0.29, 0.717) is 24.2 Å². The number of amides is 1. The Balaban J connectivity index is 1.41. The number of carbonyl (C=O) groups excluding carboxylic acids is 3. The molecule has 0 spiro atoms. The molecular weight excluding hydrogens is 510 g/mol. The van der Waals surface area contributed by atoms with E-state index < -0.39 is 70.3 Å². The average Bonchev–Trinajstić information content (AvgIpc) is 3.41. The summed E-state index contributed by atoms with van der Waals surface area (Å²) in [5.74, 6) is -2.87. The normalized spacial score (nSPS) is 44.2. The second-order valence-corrected chi connectivity index (χ2v) is 12.1. The topological polar surface area (TPSA) is 116 Å². The first-order valence-electron chi connectivity index (χ1n) is 13.3. The number of Topliss-reactive ketones (excluding diaryl/α,β-unsaturated/α-hetero) is 1. The van der Waals surface area contributed by atoms with Crippen molar-refractivity contribution < 1.29 is 38.2 Å². The average molecular weight is 543 g/mol. The summed E-state index contributed by atoms with van der Waals surface area (Å²) in [5, 5.41) is 25.8. The fourth-order valence-electron chi connectivity index (χ4n) is 8.81. The summed E-state index contributed by atoms with van der Waals surface area (Å²) in [6.07, 6.45) is 1.18. The van der Waals surface area contributed by atoms with E-state index in [1.54, 1.807) is 36.3 Å². The van der Waals surface area contributed by atoms with E-state index in [1.807, 2.05) is 0 Å². The number of anilines is 2. The molecule has 1 heterocycles. The van der Waals surface area contributed by atoms with Gasteiger partial charge in [-0.2, -0.15) is 0 Å². The van der Waals surface area contributed by atoms with E-state index in [0.717, 1.165) is 6.08 Å². The van der Waals surface area contributed by atoms with Crippen LogP contribution in [0.3, 0.4) is 0 Å². The van der Waals surface area contributed by atoms with Gasteiger partial charge < -0.3 is 15.5 Å². The maximum absolute atomic E-state index is 17.4. The van der Waals surface area contributed by atoms with Crippen molar-refractivity contribution in [1.82, 2.24) is 0 Å². The van der Waals surface area contributed by atoms with Gasteiger partial charge in [0, 0.05) is 28.4 Å². The van der Waals surface area contributed by atoms with Gasteiger partial charge in [-0.15, -0.1) is 0 Å². The van der Waals surface area contributed by atoms with Crippen molar-refractivity contribution >= 4 is 29.4 Å². The van der Waals surface area contributed by atoms with Crippen LogP contribution >= 0.6 is 0 Å². The largest absolute Gasteiger partial charge is 0.390 e. The molecule has 0 bridgehead atoms. The molecule has 5 aliphatic rings. The van der Waals surface area contributed by atoms with Crippen molar-refractivity contribution in [2.45, 2.75) is 56.7 Å². The molecule has 1 aromatic carbocycles. The van der Waals surface area contributed by atoms with Crippen LogP contribution in [0.1, 0.15) is 33.1 Å². The summed E-state index contributed by atoms with van der Waals surface area (Å²) in [4.78, 5) is 42.8. The summed E-state index contributed by atoms with van der Waals surface area (Å²) >= 11 is 0. The molecule has 3 N–H and O–H groups in total. The number of carbonyl (C=O) groups is 3. The number of rotatable bonds is 5. The Morgan fingerprint density at radius 3 is 2.62 bits per heavy atom. The van der Waals surface area contributed by atoms with E-state index in [4.69, 9.17) is 4.84 Å². The van der Waals surface area contributed by atoms with Gasteiger partial charge in [0.05, 0.1) is 18.3 Å². The van der Waals surface area contributed by atoms with Crippen LogP contribution in [0.15, 0.2) is 48.1 Å². The molecule has 1 saturated heterocycles. The molecule has 0 unspecified atom stereocenters. The number of hydroxylamine groups is 1. The lowest BCUT2D eigenvalue weighted by Gasteiger charge is -2.63. The van der Waals surface area contributed by atoms with Crippen LogP contribution in [0, 0.1) is 28.6 Å². The fourth-order valence-corrected chi connectivity index (χ4v) is 8.81. The second-order valence-electron chi connectivity index (χ2n) is 12.1. The number of allylic oxidation sites excluding steroid dienone is 4. The molecule has 0 radical (unpaired) electrons. The minimum atomic E-state index is -2.26. The molecule has 1 aliphatic heterocycles. The summed E-state index contributed by atoms with van der Waals surface area (Å²) < 4.78 is 33.1. The van der Waals surface area contributed by atoms with Crippen LogP contribution in [-0.4, -0.2) is 64.9 Å². The maximum atomic E-state index is 17.4. The lowest BCUT2D eigenvalue weighted by molar-refractivity contribution is -0.228. The molecule has 3 saturated carbocycles. The molecule has 9 atom stereocenters. The lowest BCUT2D eigenvalue weighted by atomic mass is 9.44. The highest BCUT2D eigenvalue weighted by Crippen LogP contribution is 2.72. The van der Waals surface area contributed by atoms with E-state index in [-0.39, 0.29) is 25.0 Å². The summed E-state index contributed by atoms with van der Waals surface area (Å²) in [7, 11) is 0. The van der Waals surface area contributed by atoms with Gasteiger partial charge in [0.1, 0.15) is 12.8 Å². The molecular formula is C29H32F2N2O6. The second kappa shape index (κ2) is 8.52. The first kappa shape index (κ1) is 26.3. The standard InChI is InChI=1S/C29H32F2N2O6/c1-26-8-7-19(36)10-22(26)23(30)11-21-20-9-16-13-33(18-5-3-17(4-6-18)32-15-35)39-29(16,25(38)14-34)27(20,2)12-24(37)28(21,26)31/h3-8,10,15-16,20-21,23-24,34,37H,9,11-14H2,1-2H3,(H,32,35)/t16-,20-,21-,23-,24-,26-,27-,28-,29-/m0/s1. The van der Waals surface area contributed by atoms with Crippen LogP contribution in [0.5, 0.6) is 0 Å². The number of hydrogen-bond acceptors (Lipinski definition) is 7. The van der Waals surface area contributed by atoms with Gasteiger partial charge in [0.15, 0.2) is 22.8 Å². The molecule has 208 valence electrons. The maximum Gasteiger partial charge on any atom is 0.211 e. The Morgan fingerprint density at radius 2 is 1.95 bits per heavy atom. The third kappa shape index (κ3) is 3.16. The zero-order valence-corrected chi connectivity index (χ0v) is 21.8. The van der Waals surface area contributed by atoms with Gasteiger partial charge in [-0.1, -0.05) is 13.0 Å². The summed E-state index contributed by atoms with van der Waals surface area (Å²) in [6.45, 7) is 2.81. The lowest BCUT2D eigenvalue weighted by Crippen LogP contribution is -2.70.